The second kappa shape index (κ2) is 5.83. The van der Waals surface area contributed by atoms with Gasteiger partial charge in [0.1, 0.15) is 5.82 Å². The van der Waals surface area contributed by atoms with Gasteiger partial charge in [0.2, 0.25) is 0 Å². The van der Waals surface area contributed by atoms with Crippen molar-refractivity contribution in [3.05, 3.63) is 35.1 Å². The summed E-state index contributed by atoms with van der Waals surface area (Å²) in [6, 6.07) is 5.05. The number of hydrogen-bond acceptors (Lipinski definition) is 2. The van der Waals surface area contributed by atoms with Crippen molar-refractivity contribution < 1.29 is 9.13 Å². The highest BCUT2D eigenvalue weighted by Gasteiger charge is 2.08. The number of halogens is 1. The highest BCUT2D eigenvalue weighted by atomic mass is 19.1. The first kappa shape index (κ1) is 12.1. The maximum Gasteiger partial charge on any atom is 0.129 e. The molecule has 0 saturated heterocycles. The molecule has 1 atom stereocenters. The van der Waals surface area contributed by atoms with Crippen LogP contribution >= 0.6 is 0 Å². The summed E-state index contributed by atoms with van der Waals surface area (Å²) in [5.74, 6) is -0.235. The van der Waals surface area contributed by atoms with E-state index in [1.165, 1.54) is 6.07 Å². The van der Waals surface area contributed by atoms with Crippen molar-refractivity contribution in [3.8, 4) is 0 Å². The number of benzene rings is 1. The molecule has 84 valence electrons. The fourth-order valence-corrected chi connectivity index (χ4v) is 1.54. The minimum Gasteiger partial charge on any atom is -0.380 e. The van der Waals surface area contributed by atoms with Crippen molar-refractivity contribution in [1.29, 1.82) is 0 Å². The predicted octanol–water partition coefficient (Wildman–Crippen LogP) is 2.77. The van der Waals surface area contributed by atoms with Gasteiger partial charge in [0, 0.05) is 18.7 Å². The van der Waals surface area contributed by atoms with Crippen molar-refractivity contribution in [2.75, 3.05) is 7.11 Å². The van der Waals surface area contributed by atoms with Crippen LogP contribution in [0.4, 0.5) is 4.39 Å². The molecule has 0 aliphatic heterocycles. The van der Waals surface area contributed by atoms with Gasteiger partial charge in [0.25, 0.3) is 0 Å². The molecule has 3 heteroatoms. The van der Waals surface area contributed by atoms with E-state index < -0.39 is 0 Å². The third-order valence-electron chi connectivity index (χ3n) is 2.40. The van der Waals surface area contributed by atoms with E-state index >= 15 is 0 Å². The summed E-state index contributed by atoms with van der Waals surface area (Å²) in [4.78, 5) is 0. The van der Waals surface area contributed by atoms with Gasteiger partial charge in [-0.3, -0.25) is 0 Å². The molecule has 0 amide bonds. The summed E-state index contributed by atoms with van der Waals surface area (Å²) in [5, 5.41) is 0. The Hall–Kier alpha value is -0.930. The Morgan fingerprint density at radius 3 is 2.73 bits per heavy atom. The van der Waals surface area contributed by atoms with E-state index in [9.17, 15) is 4.39 Å². The number of hydrogen-bond donors (Lipinski definition) is 1. The Bertz CT molecular complexity index is 314. The van der Waals surface area contributed by atoms with E-state index in [1.807, 2.05) is 6.07 Å². The number of rotatable bonds is 5. The number of ether oxygens (including phenoxy) is 1. The van der Waals surface area contributed by atoms with Crippen molar-refractivity contribution in [1.82, 2.24) is 0 Å². The van der Waals surface area contributed by atoms with Gasteiger partial charge in [-0.2, -0.15) is 0 Å². The minimum atomic E-state index is -0.235. The minimum absolute atomic E-state index is 0.0684. The van der Waals surface area contributed by atoms with Crippen LogP contribution in [0.15, 0.2) is 18.2 Å². The van der Waals surface area contributed by atoms with Crippen molar-refractivity contribution >= 4 is 0 Å². The molecule has 2 nitrogen and oxygen atoms in total. The Balaban J connectivity index is 2.81. The Kier molecular flexibility index (Phi) is 4.72. The van der Waals surface area contributed by atoms with Crippen LogP contribution in [0.1, 0.15) is 36.9 Å². The molecule has 0 aliphatic rings. The topological polar surface area (TPSA) is 35.2 Å². The predicted molar refractivity (Wildman–Crippen MR) is 58.9 cm³/mol. The summed E-state index contributed by atoms with van der Waals surface area (Å²) >= 11 is 0. The van der Waals surface area contributed by atoms with Crippen LogP contribution in [0.5, 0.6) is 0 Å². The largest absolute Gasteiger partial charge is 0.380 e. The fraction of sp³-hybridized carbons (Fsp3) is 0.500. The van der Waals surface area contributed by atoms with E-state index in [2.05, 4.69) is 6.92 Å². The number of methoxy groups -OCH3 is 1. The van der Waals surface area contributed by atoms with Crippen molar-refractivity contribution in [2.24, 2.45) is 5.73 Å². The molecule has 0 bridgehead atoms. The van der Waals surface area contributed by atoms with E-state index in [1.54, 1.807) is 13.2 Å². The van der Waals surface area contributed by atoms with Crippen LogP contribution in [-0.2, 0) is 11.3 Å². The fourth-order valence-electron chi connectivity index (χ4n) is 1.54. The first-order valence-electron chi connectivity index (χ1n) is 5.21. The summed E-state index contributed by atoms with van der Waals surface area (Å²) < 4.78 is 18.4. The third kappa shape index (κ3) is 3.29. The second-order valence-corrected chi connectivity index (χ2v) is 3.68. The quantitative estimate of drug-likeness (QED) is 0.812. The first-order valence-corrected chi connectivity index (χ1v) is 5.21. The molecule has 0 radical (unpaired) electrons. The van der Waals surface area contributed by atoms with Crippen LogP contribution in [0.25, 0.3) is 0 Å². The molecule has 2 N–H and O–H groups in total. The highest BCUT2D eigenvalue weighted by Crippen LogP contribution is 2.19. The SMILES string of the molecule is CCC[C@H](N)c1ccc(COC)c(F)c1. The zero-order valence-electron chi connectivity index (χ0n) is 9.29. The Morgan fingerprint density at radius 1 is 1.47 bits per heavy atom. The van der Waals surface area contributed by atoms with E-state index in [0.717, 1.165) is 18.4 Å². The molecule has 0 saturated carbocycles. The lowest BCUT2D eigenvalue weighted by atomic mass is 10.0. The van der Waals surface area contributed by atoms with Gasteiger partial charge in [-0.15, -0.1) is 0 Å². The molecular formula is C12H18FNO. The standard InChI is InChI=1S/C12H18FNO/c1-3-4-12(14)9-5-6-10(8-15-2)11(13)7-9/h5-7,12H,3-4,8,14H2,1-2H3/t12-/m0/s1. The van der Waals surface area contributed by atoms with Gasteiger partial charge in [-0.1, -0.05) is 25.5 Å². The van der Waals surface area contributed by atoms with Crippen LogP contribution < -0.4 is 5.73 Å². The molecule has 0 unspecified atom stereocenters. The van der Waals surface area contributed by atoms with E-state index in [4.69, 9.17) is 10.5 Å². The molecule has 1 aromatic rings. The van der Waals surface area contributed by atoms with Gasteiger partial charge < -0.3 is 10.5 Å². The molecule has 1 rings (SSSR count). The Morgan fingerprint density at radius 2 is 2.20 bits per heavy atom. The van der Waals surface area contributed by atoms with Crippen LogP contribution in [0, 0.1) is 5.82 Å². The maximum absolute atomic E-state index is 13.5. The van der Waals surface area contributed by atoms with Crippen LogP contribution in [-0.4, -0.2) is 7.11 Å². The lowest BCUT2D eigenvalue weighted by molar-refractivity contribution is 0.181. The van der Waals surface area contributed by atoms with Crippen molar-refractivity contribution in [2.45, 2.75) is 32.4 Å². The van der Waals surface area contributed by atoms with Gasteiger partial charge in [-0.05, 0) is 18.1 Å². The molecule has 0 fully saturated rings. The monoisotopic (exact) mass is 211 g/mol. The first-order chi connectivity index (χ1) is 7.19. The zero-order valence-corrected chi connectivity index (χ0v) is 9.29. The molecule has 0 spiro atoms. The average molecular weight is 211 g/mol. The van der Waals surface area contributed by atoms with Gasteiger partial charge in [0.05, 0.1) is 6.61 Å². The zero-order chi connectivity index (χ0) is 11.3. The molecule has 0 aliphatic carbocycles. The van der Waals surface area contributed by atoms with Gasteiger partial charge in [0.15, 0.2) is 0 Å². The maximum atomic E-state index is 13.5. The average Bonchev–Trinajstić information content (AvgIpc) is 2.21. The Labute approximate surface area is 90.2 Å². The molecule has 0 aromatic heterocycles. The number of nitrogens with two attached hydrogens (primary N) is 1. The van der Waals surface area contributed by atoms with Gasteiger partial charge in [-0.25, -0.2) is 4.39 Å². The lowest BCUT2D eigenvalue weighted by Crippen LogP contribution is -2.10. The molecule has 0 heterocycles. The van der Waals surface area contributed by atoms with Crippen LogP contribution in [0.2, 0.25) is 0 Å². The summed E-state index contributed by atoms with van der Waals surface area (Å²) in [6.45, 7) is 2.37. The van der Waals surface area contributed by atoms with Crippen molar-refractivity contribution in [3.63, 3.8) is 0 Å². The van der Waals surface area contributed by atoms with E-state index in [-0.39, 0.29) is 11.9 Å². The smallest absolute Gasteiger partial charge is 0.129 e. The molecular weight excluding hydrogens is 193 g/mol. The summed E-state index contributed by atoms with van der Waals surface area (Å²) in [5.41, 5.74) is 7.33. The summed E-state index contributed by atoms with van der Waals surface area (Å²) in [6.07, 6.45) is 1.88. The molecule has 15 heavy (non-hydrogen) atoms. The van der Waals surface area contributed by atoms with E-state index in [0.29, 0.717) is 12.2 Å². The van der Waals surface area contributed by atoms with Crippen LogP contribution in [0.3, 0.4) is 0 Å². The molecule has 1 aromatic carbocycles. The second-order valence-electron chi connectivity index (χ2n) is 3.68. The van der Waals surface area contributed by atoms with Gasteiger partial charge >= 0.3 is 0 Å². The lowest BCUT2D eigenvalue weighted by Gasteiger charge is -2.12. The summed E-state index contributed by atoms with van der Waals surface area (Å²) in [7, 11) is 1.55. The third-order valence-corrected chi connectivity index (χ3v) is 2.40. The highest BCUT2D eigenvalue weighted by molar-refractivity contribution is 5.26. The normalized spacial score (nSPS) is 12.8.